The highest BCUT2D eigenvalue weighted by Crippen LogP contribution is 2.23. The van der Waals surface area contributed by atoms with Gasteiger partial charge in [-0.3, -0.25) is 10.1 Å². The minimum absolute atomic E-state index is 0.0500. The molecule has 1 fully saturated rings. The van der Waals surface area contributed by atoms with Crippen molar-refractivity contribution in [3.8, 4) is 0 Å². The molecule has 0 spiro atoms. The van der Waals surface area contributed by atoms with E-state index in [1.165, 1.54) is 6.20 Å². The molecule has 1 aromatic rings. The molecule has 0 amide bonds. The van der Waals surface area contributed by atoms with E-state index in [-0.39, 0.29) is 5.69 Å². The fourth-order valence-corrected chi connectivity index (χ4v) is 2.11. The number of hydrogen-bond acceptors (Lipinski definition) is 5. The number of anilines is 1. The zero-order valence-corrected chi connectivity index (χ0v) is 10.0. The molecule has 1 aromatic heterocycles. The Balaban J connectivity index is 2.29. The van der Waals surface area contributed by atoms with E-state index in [0.717, 1.165) is 31.0 Å². The number of aromatic nitrogens is 1. The molecule has 1 saturated heterocycles. The number of rotatable bonds is 2. The van der Waals surface area contributed by atoms with Crippen molar-refractivity contribution in [2.75, 3.05) is 24.5 Å². The van der Waals surface area contributed by atoms with Crippen LogP contribution in [0, 0.1) is 17.0 Å². The number of hydrogen-bond donors (Lipinski definition) is 1. The number of aryl methyl sites for hydroxylation is 1. The second-order valence-electron chi connectivity index (χ2n) is 4.34. The summed E-state index contributed by atoms with van der Waals surface area (Å²) >= 11 is 0. The Morgan fingerprint density at radius 2 is 2.41 bits per heavy atom. The maximum atomic E-state index is 10.6. The molecule has 0 bridgehead atoms. The number of pyridine rings is 1. The number of piperazine rings is 1. The third kappa shape index (κ3) is 2.36. The summed E-state index contributed by atoms with van der Waals surface area (Å²) < 4.78 is 0. The van der Waals surface area contributed by atoms with Crippen LogP contribution in [-0.4, -0.2) is 35.6 Å². The summed E-state index contributed by atoms with van der Waals surface area (Å²) in [5.74, 6) is 0.851. The van der Waals surface area contributed by atoms with Gasteiger partial charge in [0.2, 0.25) is 0 Å². The van der Waals surface area contributed by atoms with E-state index in [1.54, 1.807) is 6.07 Å². The molecule has 6 nitrogen and oxygen atoms in total. The summed E-state index contributed by atoms with van der Waals surface area (Å²) in [6.45, 7) is 6.70. The normalized spacial score (nSPS) is 20.4. The molecular formula is C11H16N4O2. The summed E-state index contributed by atoms with van der Waals surface area (Å²) in [6, 6.07) is 1.94. The Labute approximate surface area is 99.8 Å². The summed E-state index contributed by atoms with van der Waals surface area (Å²) in [4.78, 5) is 16.7. The van der Waals surface area contributed by atoms with E-state index in [4.69, 9.17) is 0 Å². The highest BCUT2D eigenvalue weighted by Gasteiger charge is 2.21. The van der Waals surface area contributed by atoms with Gasteiger partial charge < -0.3 is 10.2 Å². The number of nitrogens with one attached hydrogen (secondary N) is 1. The summed E-state index contributed by atoms with van der Waals surface area (Å²) in [6.07, 6.45) is 1.33. The first-order chi connectivity index (χ1) is 8.09. The first kappa shape index (κ1) is 11.8. The van der Waals surface area contributed by atoms with Crippen LogP contribution in [0.15, 0.2) is 12.3 Å². The van der Waals surface area contributed by atoms with Gasteiger partial charge in [-0.2, -0.15) is 0 Å². The topological polar surface area (TPSA) is 71.3 Å². The third-order valence-corrected chi connectivity index (χ3v) is 3.02. The van der Waals surface area contributed by atoms with E-state index in [2.05, 4.69) is 22.1 Å². The van der Waals surface area contributed by atoms with Crippen molar-refractivity contribution in [1.29, 1.82) is 0 Å². The van der Waals surface area contributed by atoms with Crippen LogP contribution in [-0.2, 0) is 0 Å². The van der Waals surface area contributed by atoms with Crippen molar-refractivity contribution in [1.82, 2.24) is 10.3 Å². The maximum Gasteiger partial charge on any atom is 0.287 e. The van der Waals surface area contributed by atoms with Gasteiger partial charge in [-0.1, -0.05) is 0 Å². The smallest absolute Gasteiger partial charge is 0.287 e. The molecule has 2 heterocycles. The van der Waals surface area contributed by atoms with Crippen LogP contribution in [0.1, 0.15) is 12.5 Å². The fourth-order valence-electron chi connectivity index (χ4n) is 2.11. The van der Waals surface area contributed by atoms with E-state index in [9.17, 15) is 10.1 Å². The van der Waals surface area contributed by atoms with Crippen LogP contribution in [0.3, 0.4) is 0 Å². The lowest BCUT2D eigenvalue weighted by atomic mass is 10.1. The summed E-state index contributed by atoms with van der Waals surface area (Å²) in [5.41, 5.74) is 0.905. The molecule has 1 aliphatic heterocycles. The van der Waals surface area contributed by atoms with Crippen LogP contribution in [0.2, 0.25) is 0 Å². The van der Waals surface area contributed by atoms with Gasteiger partial charge in [-0.15, -0.1) is 0 Å². The first-order valence-corrected chi connectivity index (χ1v) is 5.68. The highest BCUT2D eigenvalue weighted by atomic mass is 16.6. The van der Waals surface area contributed by atoms with Gasteiger partial charge in [0.1, 0.15) is 12.0 Å². The lowest BCUT2D eigenvalue weighted by Crippen LogP contribution is -2.50. The zero-order valence-electron chi connectivity index (χ0n) is 10.0. The quantitative estimate of drug-likeness (QED) is 0.615. The lowest BCUT2D eigenvalue weighted by Gasteiger charge is -2.35. The SMILES string of the molecule is Cc1cc([N+](=O)[O-])cnc1N1CCNCC1C. The molecule has 1 unspecified atom stereocenters. The molecule has 1 N–H and O–H groups in total. The van der Waals surface area contributed by atoms with E-state index >= 15 is 0 Å². The Morgan fingerprint density at radius 3 is 3.00 bits per heavy atom. The molecule has 17 heavy (non-hydrogen) atoms. The number of nitro groups is 1. The highest BCUT2D eigenvalue weighted by molar-refractivity contribution is 5.51. The fraction of sp³-hybridized carbons (Fsp3) is 0.545. The van der Waals surface area contributed by atoms with E-state index in [1.807, 2.05) is 6.92 Å². The van der Waals surface area contributed by atoms with Gasteiger partial charge in [-0.25, -0.2) is 4.98 Å². The van der Waals surface area contributed by atoms with Gasteiger partial charge >= 0.3 is 0 Å². The molecule has 92 valence electrons. The molecule has 0 saturated carbocycles. The molecule has 0 radical (unpaired) electrons. The summed E-state index contributed by atoms with van der Waals surface area (Å²) in [7, 11) is 0. The van der Waals surface area contributed by atoms with Gasteiger partial charge in [0.15, 0.2) is 0 Å². The second-order valence-corrected chi connectivity index (χ2v) is 4.34. The predicted octanol–water partition coefficient (Wildman–Crippen LogP) is 1.10. The molecular weight excluding hydrogens is 220 g/mol. The van der Waals surface area contributed by atoms with Gasteiger partial charge in [-0.05, 0) is 19.4 Å². The molecule has 0 aromatic carbocycles. The molecule has 1 atom stereocenters. The largest absolute Gasteiger partial charge is 0.351 e. The van der Waals surface area contributed by atoms with Crippen molar-refractivity contribution in [2.45, 2.75) is 19.9 Å². The maximum absolute atomic E-state index is 10.6. The zero-order chi connectivity index (χ0) is 12.4. The van der Waals surface area contributed by atoms with E-state index < -0.39 is 4.92 Å². The summed E-state index contributed by atoms with van der Waals surface area (Å²) in [5, 5.41) is 14.0. The van der Waals surface area contributed by atoms with Crippen LogP contribution in [0.25, 0.3) is 0 Å². The lowest BCUT2D eigenvalue weighted by molar-refractivity contribution is -0.385. The molecule has 2 rings (SSSR count). The minimum atomic E-state index is -0.412. The standard InChI is InChI=1S/C11H16N4O2/c1-8-5-10(15(16)17)7-13-11(8)14-4-3-12-6-9(14)2/h5,7,9,12H,3-4,6H2,1-2H3. The predicted molar refractivity (Wildman–Crippen MR) is 65.3 cm³/mol. The first-order valence-electron chi connectivity index (χ1n) is 5.68. The van der Waals surface area contributed by atoms with Crippen LogP contribution in [0.4, 0.5) is 11.5 Å². The minimum Gasteiger partial charge on any atom is -0.351 e. The Morgan fingerprint density at radius 1 is 1.65 bits per heavy atom. The van der Waals surface area contributed by atoms with Gasteiger partial charge in [0, 0.05) is 31.7 Å². The molecule has 0 aliphatic carbocycles. The third-order valence-electron chi connectivity index (χ3n) is 3.02. The number of nitrogens with zero attached hydrogens (tertiary/aromatic N) is 3. The average Bonchev–Trinajstić information content (AvgIpc) is 2.30. The van der Waals surface area contributed by atoms with Gasteiger partial charge in [0.25, 0.3) is 5.69 Å². The second kappa shape index (κ2) is 4.67. The van der Waals surface area contributed by atoms with E-state index in [0.29, 0.717) is 6.04 Å². The Hall–Kier alpha value is -1.69. The Bertz CT molecular complexity index is 435. The Kier molecular flexibility index (Phi) is 3.23. The van der Waals surface area contributed by atoms with Crippen LogP contribution >= 0.6 is 0 Å². The van der Waals surface area contributed by atoms with Crippen molar-refractivity contribution in [2.24, 2.45) is 0 Å². The molecule has 6 heteroatoms. The van der Waals surface area contributed by atoms with Crippen LogP contribution < -0.4 is 10.2 Å². The monoisotopic (exact) mass is 236 g/mol. The average molecular weight is 236 g/mol. The van der Waals surface area contributed by atoms with Crippen LogP contribution in [0.5, 0.6) is 0 Å². The van der Waals surface area contributed by atoms with Gasteiger partial charge in [0.05, 0.1) is 4.92 Å². The van der Waals surface area contributed by atoms with Crippen molar-refractivity contribution in [3.63, 3.8) is 0 Å². The van der Waals surface area contributed by atoms with Crippen molar-refractivity contribution < 1.29 is 4.92 Å². The van der Waals surface area contributed by atoms with Crippen molar-refractivity contribution in [3.05, 3.63) is 27.9 Å². The molecule has 1 aliphatic rings. The van der Waals surface area contributed by atoms with Crippen molar-refractivity contribution >= 4 is 11.5 Å².